The molecule has 0 aromatic heterocycles. The van der Waals surface area contributed by atoms with Gasteiger partial charge in [-0.25, -0.2) is 0 Å². The molecule has 19 heavy (non-hydrogen) atoms. The zero-order chi connectivity index (χ0) is 14.0. The summed E-state index contributed by atoms with van der Waals surface area (Å²) in [5, 5.41) is 0. The summed E-state index contributed by atoms with van der Waals surface area (Å²) in [6.45, 7) is 5.72. The Morgan fingerprint density at radius 3 is 2.74 bits per heavy atom. The second kappa shape index (κ2) is 5.51. The third kappa shape index (κ3) is 3.00. The molecule has 0 unspecified atom stereocenters. The Morgan fingerprint density at radius 2 is 2.11 bits per heavy atom. The fourth-order valence-corrected chi connectivity index (χ4v) is 2.21. The van der Waals surface area contributed by atoms with Gasteiger partial charge in [-0.1, -0.05) is 13.8 Å². The third-order valence-corrected chi connectivity index (χ3v) is 3.35. The maximum absolute atomic E-state index is 12.1. The van der Waals surface area contributed by atoms with Crippen molar-refractivity contribution in [1.82, 2.24) is 4.90 Å². The molecule has 1 aromatic rings. The average Bonchev–Trinajstić information content (AvgIpc) is 2.58. The van der Waals surface area contributed by atoms with Gasteiger partial charge in [0.1, 0.15) is 12.4 Å². The Balaban J connectivity index is 2.27. The van der Waals surface area contributed by atoms with E-state index >= 15 is 0 Å². The van der Waals surface area contributed by atoms with Crippen LogP contribution in [0, 0.1) is 5.92 Å². The minimum Gasteiger partial charge on any atom is -0.491 e. The number of ether oxygens (including phenoxy) is 1. The van der Waals surface area contributed by atoms with Gasteiger partial charge in [0, 0.05) is 37.8 Å². The van der Waals surface area contributed by atoms with Crippen molar-refractivity contribution in [2.75, 3.05) is 32.1 Å². The van der Waals surface area contributed by atoms with E-state index < -0.39 is 0 Å². The molecule has 1 amide bonds. The van der Waals surface area contributed by atoms with Crippen LogP contribution in [0.25, 0.3) is 0 Å². The second-order valence-corrected chi connectivity index (χ2v) is 5.45. The molecule has 1 aliphatic rings. The topological polar surface area (TPSA) is 32.8 Å². The van der Waals surface area contributed by atoms with E-state index in [-0.39, 0.29) is 11.8 Å². The largest absolute Gasteiger partial charge is 0.491 e. The first kappa shape index (κ1) is 13.7. The zero-order valence-electron chi connectivity index (χ0n) is 12.1. The number of amides is 1. The standard InChI is InChI=1S/C15H22N2O2/c1-11(2)15(18)17-7-8-19-14-6-5-13(16(3)4)9-12(14)10-17/h5-6,9,11H,7-8,10H2,1-4H3. The normalized spacial score (nSPS) is 14.7. The summed E-state index contributed by atoms with van der Waals surface area (Å²) in [5.41, 5.74) is 2.21. The van der Waals surface area contributed by atoms with Gasteiger partial charge in [0.25, 0.3) is 0 Å². The molecule has 0 spiro atoms. The van der Waals surface area contributed by atoms with Crippen molar-refractivity contribution in [3.63, 3.8) is 0 Å². The van der Waals surface area contributed by atoms with Crippen molar-refractivity contribution in [2.45, 2.75) is 20.4 Å². The van der Waals surface area contributed by atoms with Crippen LogP contribution in [0.1, 0.15) is 19.4 Å². The highest BCUT2D eigenvalue weighted by Crippen LogP contribution is 2.27. The molecule has 1 aliphatic heterocycles. The maximum Gasteiger partial charge on any atom is 0.225 e. The van der Waals surface area contributed by atoms with Gasteiger partial charge in [-0.15, -0.1) is 0 Å². The van der Waals surface area contributed by atoms with Gasteiger partial charge in [0.05, 0.1) is 6.54 Å². The van der Waals surface area contributed by atoms with Gasteiger partial charge < -0.3 is 14.5 Å². The Hall–Kier alpha value is -1.71. The third-order valence-electron chi connectivity index (χ3n) is 3.35. The van der Waals surface area contributed by atoms with E-state index in [0.29, 0.717) is 19.7 Å². The summed E-state index contributed by atoms with van der Waals surface area (Å²) < 4.78 is 5.73. The van der Waals surface area contributed by atoms with Crippen LogP contribution < -0.4 is 9.64 Å². The van der Waals surface area contributed by atoms with E-state index in [1.165, 1.54) is 0 Å². The fourth-order valence-electron chi connectivity index (χ4n) is 2.21. The fraction of sp³-hybridized carbons (Fsp3) is 0.533. The minimum absolute atomic E-state index is 0.0265. The van der Waals surface area contributed by atoms with Crippen LogP contribution in [-0.2, 0) is 11.3 Å². The number of hydrogen-bond acceptors (Lipinski definition) is 3. The quantitative estimate of drug-likeness (QED) is 0.818. The number of hydrogen-bond donors (Lipinski definition) is 0. The molecular formula is C15H22N2O2. The van der Waals surface area contributed by atoms with Crippen LogP contribution in [0.3, 0.4) is 0 Å². The van der Waals surface area contributed by atoms with Crippen LogP contribution in [0.4, 0.5) is 5.69 Å². The minimum atomic E-state index is 0.0265. The Kier molecular flexibility index (Phi) is 3.98. The molecule has 0 atom stereocenters. The lowest BCUT2D eigenvalue weighted by atomic mass is 10.1. The second-order valence-electron chi connectivity index (χ2n) is 5.45. The first-order valence-electron chi connectivity index (χ1n) is 6.71. The number of nitrogens with zero attached hydrogens (tertiary/aromatic N) is 2. The van der Waals surface area contributed by atoms with Crippen molar-refractivity contribution in [2.24, 2.45) is 5.92 Å². The van der Waals surface area contributed by atoms with Gasteiger partial charge >= 0.3 is 0 Å². The highest BCUT2D eigenvalue weighted by atomic mass is 16.5. The molecule has 1 aromatic carbocycles. The van der Waals surface area contributed by atoms with E-state index in [1.54, 1.807) is 0 Å². The van der Waals surface area contributed by atoms with Crippen molar-refractivity contribution < 1.29 is 9.53 Å². The van der Waals surface area contributed by atoms with Crippen molar-refractivity contribution in [3.8, 4) is 5.75 Å². The molecule has 0 aliphatic carbocycles. The molecule has 2 rings (SSSR count). The Morgan fingerprint density at radius 1 is 1.37 bits per heavy atom. The molecule has 0 radical (unpaired) electrons. The highest BCUT2D eigenvalue weighted by molar-refractivity contribution is 5.78. The van der Waals surface area contributed by atoms with Crippen LogP contribution in [-0.4, -0.2) is 38.1 Å². The average molecular weight is 262 g/mol. The molecule has 0 N–H and O–H groups in total. The van der Waals surface area contributed by atoms with E-state index in [1.807, 2.05) is 45.0 Å². The Bertz CT molecular complexity index is 469. The molecule has 0 fully saturated rings. The predicted molar refractivity (Wildman–Crippen MR) is 76.5 cm³/mol. The number of carbonyl (C=O) groups excluding carboxylic acids is 1. The molecule has 4 nitrogen and oxygen atoms in total. The molecule has 104 valence electrons. The molecule has 1 heterocycles. The summed E-state index contributed by atoms with van der Waals surface area (Å²) in [6, 6.07) is 6.13. The molecule has 4 heteroatoms. The molecular weight excluding hydrogens is 240 g/mol. The first-order chi connectivity index (χ1) is 8.99. The van der Waals surface area contributed by atoms with Gasteiger partial charge in [-0.2, -0.15) is 0 Å². The first-order valence-corrected chi connectivity index (χ1v) is 6.71. The van der Waals surface area contributed by atoms with Gasteiger partial charge in [0.2, 0.25) is 5.91 Å². The van der Waals surface area contributed by atoms with Crippen LogP contribution in [0.15, 0.2) is 18.2 Å². The van der Waals surface area contributed by atoms with Crippen LogP contribution >= 0.6 is 0 Å². The van der Waals surface area contributed by atoms with Crippen molar-refractivity contribution >= 4 is 11.6 Å². The summed E-state index contributed by atoms with van der Waals surface area (Å²) in [6.07, 6.45) is 0. The summed E-state index contributed by atoms with van der Waals surface area (Å²) in [7, 11) is 4.02. The lowest BCUT2D eigenvalue weighted by Crippen LogP contribution is -2.35. The summed E-state index contributed by atoms with van der Waals surface area (Å²) >= 11 is 0. The predicted octanol–water partition coefficient (Wildman–Crippen LogP) is 2.13. The van der Waals surface area contributed by atoms with E-state index in [9.17, 15) is 4.79 Å². The molecule has 0 saturated carbocycles. The Labute approximate surface area is 115 Å². The van der Waals surface area contributed by atoms with Crippen molar-refractivity contribution in [3.05, 3.63) is 23.8 Å². The lowest BCUT2D eigenvalue weighted by molar-refractivity contribution is -0.135. The number of rotatable bonds is 2. The number of benzene rings is 1. The van der Waals surface area contributed by atoms with Gasteiger partial charge in [-0.05, 0) is 18.2 Å². The SMILES string of the molecule is CC(C)C(=O)N1CCOc2ccc(N(C)C)cc2C1. The van der Waals surface area contributed by atoms with E-state index in [2.05, 4.69) is 11.0 Å². The monoisotopic (exact) mass is 262 g/mol. The number of carbonyl (C=O) groups is 1. The van der Waals surface area contributed by atoms with Gasteiger partial charge in [0.15, 0.2) is 0 Å². The highest BCUT2D eigenvalue weighted by Gasteiger charge is 2.22. The summed E-state index contributed by atoms with van der Waals surface area (Å²) in [4.78, 5) is 16.1. The summed E-state index contributed by atoms with van der Waals surface area (Å²) in [5.74, 6) is 1.11. The molecule has 0 bridgehead atoms. The van der Waals surface area contributed by atoms with E-state index in [0.717, 1.165) is 17.0 Å². The van der Waals surface area contributed by atoms with Crippen LogP contribution in [0.2, 0.25) is 0 Å². The smallest absolute Gasteiger partial charge is 0.225 e. The zero-order valence-corrected chi connectivity index (χ0v) is 12.1. The van der Waals surface area contributed by atoms with E-state index in [4.69, 9.17) is 4.74 Å². The molecule has 0 saturated heterocycles. The van der Waals surface area contributed by atoms with Gasteiger partial charge in [-0.3, -0.25) is 4.79 Å². The maximum atomic E-state index is 12.1. The lowest BCUT2D eigenvalue weighted by Gasteiger charge is -2.22. The number of anilines is 1. The van der Waals surface area contributed by atoms with Crippen molar-refractivity contribution in [1.29, 1.82) is 0 Å². The van der Waals surface area contributed by atoms with Crippen LogP contribution in [0.5, 0.6) is 5.75 Å². The number of fused-ring (bicyclic) bond motifs is 1.